The number of aromatic nitrogens is 2. The van der Waals surface area contributed by atoms with Gasteiger partial charge in [0.25, 0.3) is 0 Å². The van der Waals surface area contributed by atoms with Crippen LogP contribution in [0.4, 0.5) is 0 Å². The van der Waals surface area contributed by atoms with Crippen LogP contribution >= 0.6 is 23.2 Å². The Kier molecular flexibility index (Phi) is 5.43. The lowest BCUT2D eigenvalue weighted by Gasteiger charge is -2.06. The second kappa shape index (κ2) is 7.08. The van der Waals surface area contributed by atoms with Crippen molar-refractivity contribution in [3.05, 3.63) is 51.8 Å². The summed E-state index contributed by atoms with van der Waals surface area (Å²) >= 11 is 12.1. The van der Waals surface area contributed by atoms with Gasteiger partial charge in [-0.1, -0.05) is 29.3 Å². The molecule has 0 aliphatic rings. The number of hydrogen-bond donors (Lipinski definition) is 1. The summed E-state index contributed by atoms with van der Waals surface area (Å²) < 4.78 is 12.0. The van der Waals surface area contributed by atoms with Gasteiger partial charge in [0.1, 0.15) is 0 Å². The van der Waals surface area contributed by atoms with E-state index < -0.39 is 10.8 Å². The SMILES string of the molecule is O=[S@](CCCc1cn[nH]c1)Cc1c(Cl)cccc1Cl. The average molecular weight is 317 g/mol. The van der Waals surface area contributed by atoms with E-state index in [-0.39, 0.29) is 0 Å². The van der Waals surface area contributed by atoms with E-state index in [0.717, 1.165) is 24.0 Å². The maximum absolute atomic E-state index is 12.0. The third kappa shape index (κ3) is 4.34. The lowest BCUT2D eigenvalue weighted by atomic mass is 10.2. The van der Waals surface area contributed by atoms with Crippen LogP contribution in [-0.4, -0.2) is 20.2 Å². The first-order chi connectivity index (χ1) is 9.16. The molecule has 0 aliphatic carbocycles. The van der Waals surface area contributed by atoms with Crippen LogP contribution in [0.1, 0.15) is 17.5 Å². The van der Waals surface area contributed by atoms with Gasteiger partial charge in [0.05, 0.1) is 11.9 Å². The van der Waals surface area contributed by atoms with Crippen LogP contribution in [0.3, 0.4) is 0 Å². The summed E-state index contributed by atoms with van der Waals surface area (Å²) in [6.07, 6.45) is 5.37. The van der Waals surface area contributed by atoms with Crippen LogP contribution in [0.2, 0.25) is 10.0 Å². The van der Waals surface area contributed by atoms with Crippen molar-refractivity contribution in [3.8, 4) is 0 Å². The molecule has 0 fully saturated rings. The second-order valence-corrected chi connectivity index (χ2v) is 6.59. The minimum atomic E-state index is -0.953. The zero-order valence-corrected chi connectivity index (χ0v) is 12.6. The maximum Gasteiger partial charge on any atom is 0.0519 e. The minimum Gasteiger partial charge on any atom is -0.285 e. The van der Waals surface area contributed by atoms with Gasteiger partial charge in [-0.2, -0.15) is 5.10 Å². The van der Waals surface area contributed by atoms with Gasteiger partial charge < -0.3 is 0 Å². The van der Waals surface area contributed by atoms with Crippen molar-refractivity contribution < 1.29 is 4.21 Å². The van der Waals surface area contributed by atoms with Gasteiger partial charge in [0.15, 0.2) is 0 Å². The molecule has 1 aromatic heterocycles. The van der Waals surface area contributed by atoms with Crippen LogP contribution < -0.4 is 0 Å². The van der Waals surface area contributed by atoms with Gasteiger partial charge in [-0.05, 0) is 30.5 Å². The van der Waals surface area contributed by atoms with Crippen LogP contribution in [0.15, 0.2) is 30.6 Å². The average Bonchev–Trinajstić information content (AvgIpc) is 2.87. The molecular weight excluding hydrogens is 303 g/mol. The summed E-state index contributed by atoms with van der Waals surface area (Å²) in [6.45, 7) is 0. The van der Waals surface area contributed by atoms with E-state index in [4.69, 9.17) is 23.2 Å². The molecule has 6 heteroatoms. The molecule has 0 bridgehead atoms. The van der Waals surface area contributed by atoms with E-state index >= 15 is 0 Å². The topological polar surface area (TPSA) is 45.8 Å². The van der Waals surface area contributed by atoms with Gasteiger partial charge in [0, 0.05) is 38.4 Å². The summed E-state index contributed by atoms with van der Waals surface area (Å²) in [5, 5.41) is 7.80. The Balaban J connectivity index is 1.84. The third-order valence-corrected chi connectivity index (χ3v) is 4.82. The summed E-state index contributed by atoms with van der Waals surface area (Å²) in [6, 6.07) is 5.33. The Morgan fingerprint density at radius 1 is 1.26 bits per heavy atom. The highest BCUT2D eigenvalue weighted by atomic mass is 35.5. The summed E-state index contributed by atoms with van der Waals surface area (Å²) in [7, 11) is -0.953. The molecule has 2 aromatic rings. The molecule has 0 saturated heterocycles. The number of halogens is 2. The monoisotopic (exact) mass is 316 g/mol. The Labute approximate surface area is 124 Å². The van der Waals surface area contributed by atoms with Crippen molar-refractivity contribution in [2.45, 2.75) is 18.6 Å². The molecule has 0 spiro atoms. The smallest absolute Gasteiger partial charge is 0.0519 e. The minimum absolute atomic E-state index is 0.407. The number of hydrogen-bond acceptors (Lipinski definition) is 2. The molecule has 0 radical (unpaired) electrons. The summed E-state index contributed by atoms with van der Waals surface area (Å²) in [5.74, 6) is 1.04. The normalized spacial score (nSPS) is 12.5. The van der Waals surface area contributed by atoms with Gasteiger partial charge in [-0.15, -0.1) is 0 Å². The van der Waals surface area contributed by atoms with Crippen molar-refractivity contribution in [1.82, 2.24) is 10.2 Å². The van der Waals surface area contributed by atoms with E-state index in [1.54, 1.807) is 24.4 Å². The molecule has 1 atom stereocenters. The van der Waals surface area contributed by atoms with Gasteiger partial charge in [-0.25, -0.2) is 0 Å². The number of H-pyrrole nitrogens is 1. The third-order valence-electron chi connectivity index (χ3n) is 2.76. The van der Waals surface area contributed by atoms with Gasteiger partial charge >= 0.3 is 0 Å². The number of nitrogens with one attached hydrogen (secondary N) is 1. The fourth-order valence-electron chi connectivity index (χ4n) is 1.76. The molecule has 2 rings (SSSR count). The van der Waals surface area contributed by atoms with E-state index in [2.05, 4.69) is 10.2 Å². The molecule has 1 N–H and O–H groups in total. The number of nitrogens with zero attached hydrogens (tertiary/aromatic N) is 1. The lowest BCUT2D eigenvalue weighted by Crippen LogP contribution is -2.03. The van der Waals surface area contributed by atoms with Crippen molar-refractivity contribution in [3.63, 3.8) is 0 Å². The molecule has 0 saturated carbocycles. The Hall–Kier alpha value is -0.840. The highest BCUT2D eigenvalue weighted by Crippen LogP contribution is 2.25. The van der Waals surface area contributed by atoms with Crippen LogP contribution in [0.5, 0.6) is 0 Å². The lowest BCUT2D eigenvalue weighted by molar-refractivity contribution is 0.680. The van der Waals surface area contributed by atoms with Gasteiger partial charge in [0.2, 0.25) is 0 Å². The molecule has 1 heterocycles. The quantitative estimate of drug-likeness (QED) is 0.885. The predicted octanol–water partition coefficient (Wildman–Crippen LogP) is 3.60. The number of aromatic amines is 1. The largest absolute Gasteiger partial charge is 0.285 e. The standard InChI is InChI=1S/C13H14Cl2N2OS/c14-12-4-1-5-13(15)11(12)9-19(18)6-2-3-10-7-16-17-8-10/h1,4-5,7-8H,2-3,6,9H2,(H,16,17)/t19-/m1/s1. The molecule has 0 unspecified atom stereocenters. The maximum atomic E-state index is 12.0. The van der Waals surface area contributed by atoms with Crippen molar-refractivity contribution in [2.75, 3.05) is 5.75 Å². The van der Waals surface area contributed by atoms with E-state index in [1.165, 1.54) is 0 Å². The van der Waals surface area contributed by atoms with Crippen LogP contribution in [0, 0.1) is 0 Å². The highest BCUT2D eigenvalue weighted by molar-refractivity contribution is 7.84. The van der Waals surface area contributed by atoms with Crippen LogP contribution in [-0.2, 0) is 23.0 Å². The molecule has 102 valence electrons. The first-order valence-electron chi connectivity index (χ1n) is 5.92. The Morgan fingerprint density at radius 2 is 2.00 bits per heavy atom. The van der Waals surface area contributed by atoms with Crippen molar-refractivity contribution >= 4 is 34.0 Å². The van der Waals surface area contributed by atoms with Crippen LogP contribution in [0.25, 0.3) is 0 Å². The van der Waals surface area contributed by atoms with E-state index in [1.807, 2.05) is 6.20 Å². The number of benzene rings is 1. The highest BCUT2D eigenvalue weighted by Gasteiger charge is 2.09. The fourth-order valence-corrected chi connectivity index (χ4v) is 3.69. The second-order valence-electron chi connectivity index (χ2n) is 4.20. The van der Waals surface area contributed by atoms with Crippen molar-refractivity contribution in [2.24, 2.45) is 0 Å². The summed E-state index contributed by atoms with van der Waals surface area (Å²) in [4.78, 5) is 0. The zero-order valence-electron chi connectivity index (χ0n) is 10.2. The first kappa shape index (κ1) is 14.6. The molecule has 19 heavy (non-hydrogen) atoms. The molecule has 1 aromatic carbocycles. The Morgan fingerprint density at radius 3 is 2.63 bits per heavy atom. The van der Waals surface area contributed by atoms with E-state index in [9.17, 15) is 4.21 Å². The van der Waals surface area contributed by atoms with Crippen molar-refractivity contribution in [1.29, 1.82) is 0 Å². The zero-order chi connectivity index (χ0) is 13.7. The molecular formula is C13H14Cl2N2OS. The van der Waals surface area contributed by atoms with E-state index in [0.29, 0.717) is 21.6 Å². The molecule has 3 nitrogen and oxygen atoms in total. The summed E-state index contributed by atoms with van der Waals surface area (Å²) in [5.41, 5.74) is 1.90. The first-order valence-corrected chi connectivity index (χ1v) is 8.16. The predicted molar refractivity (Wildman–Crippen MR) is 80.1 cm³/mol. The number of rotatable bonds is 6. The fraction of sp³-hybridized carbons (Fsp3) is 0.308. The van der Waals surface area contributed by atoms with Gasteiger partial charge in [-0.3, -0.25) is 9.31 Å². The number of aryl methyl sites for hydroxylation is 1. The molecule has 0 amide bonds. The Bertz CT molecular complexity index is 538. The molecule has 0 aliphatic heterocycles.